The highest BCUT2D eigenvalue weighted by molar-refractivity contribution is 14.1. The van der Waals surface area contributed by atoms with Gasteiger partial charge < -0.3 is 4.74 Å². The SMILES string of the molecule is C[C@@]1(F)C[C@@H](CI)O[C@H]1n1ccc(=O)[nH]c1=O. The van der Waals surface area contributed by atoms with E-state index < -0.39 is 23.1 Å². The van der Waals surface area contributed by atoms with E-state index in [1.165, 1.54) is 19.2 Å². The Morgan fingerprint density at radius 1 is 1.71 bits per heavy atom. The minimum Gasteiger partial charge on any atom is -0.350 e. The molecule has 1 aliphatic heterocycles. The number of rotatable bonds is 2. The van der Waals surface area contributed by atoms with Crippen molar-refractivity contribution in [1.82, 2.24) is 9.55 Å². The zero-order valence-corrected chi connectivity index (χ0v) is 11.3. The molecule has 0 aromatic carbocycles. The van der Waals surface area contributed by atoms with E-state index in [1.54, 1.807) is 0 Å². The lowest BCUT2D eigenvalue weighted by Crippen LogP contribution is -2.38. The van der Waals surface area contributed by atoms with E-state index in [9.17, 15) is 14.0 Å². The van der Waals surface area contributed by atoms with Crippen LogP contribution in [0.5, 0.6) is 0 Å². The van der Waals surface area contributed by atoms with Gasteiger partial charge in [-0.2, -0.15) is 0 Å². The van der Waals surface area contributed by atoms with Gasteiger partial charge in [-0.05, 0) is 6.92 Å². The molecule has 1 aromatic heterocycles. The highest BCUT2D eigenvalue weighted by Gasteiger charge is 2.46. The normalized spacial score (nSPS) is 32.9. The molecule has 0 amide bonds. The maximum absolute atomic E-state index is 14.3. The summed E-state index contributed by atoms with van der Waals surface area (Å²) in [6.45, 7) is 1.40. The van der Waals surface area contributed by atoms with Gasteiger partial charge in [-0.25, -0.2) is 9.18 Å². The summed E-state index contributed by atoms with van der Waals surface area (Å²) >= 11 is 2.11. The van der Waals surface area contributed by atoms with Gasteiger partial charge in [-0.3, -0.25) is 14.3 Å². The van der Waals surface area contributed by atoms with Crippen molar-refractivity contribution in [2.24, 2.45) is 0 Å². The molecule has 0 unspecified atom stereocenters. The molecule has 5 nitrogen and oxygen atoms in total. The topological polar surface area (TPSA) is 64.1 Å². The summed E-state index contributed by atoms with van der Waals surface area (Å²) < 4.78 is 21.5. The molecule has 2 heterocycles. The van der Waals surface area contributed by atoms with Gasteiger partial charge in [0.1, 0.15) is 0 Å². The minimum absolute atomic E-state index is 0.213. The fourth-order valence-corrected chi connectivity index (χ4v) is 2.50. The number of H-pyrrole nitrogens is 1. The van der Waals surface area contributed by atoms with Crippen molar-refractivity contribution >= 4 is 22.6 Å². The Hall–Kier alpha value is -0.700. The minimum atomic E-state index is -1.61. The van der Waals surface area contributed by atoms with E-state index in [2.05, 4.69) is 27.6 Å². The second kappa shape index (κ2) is 4.52. The van der Waals surface area contributed by atoms with E-state index in [0.717, 1.165) is 4.57 Å². The van der Waals surface area contributed by atoms with Crippen molar-refractivity contribution < 1.29 is 9.13 Å². The van der Waals surface area contributed by atoms with Crippen LogP contribution in [0.3, 0.4) is 0 Å². The van der Waals surface area contributed by atoms with Crippen LogP contribution in [0.4, 0.5) is 4.39 Å². The Bertz CT molecular complexity index is 525. The largest absolute Gasteiger partial charge is 0.350 e. The standard InChI is InChI=1S/C10H12FIN2O3/c1-10(11)4-6(5-12)17-8(10)14-3-2-7(15)13-9(14)16/h2-3,6,8H,4-5H2,1H3,(H,13,15,16)/t6-,8+,10+/m0/s1. The maximum atomic E-state index is 14.3. The fourth-order valence-electron chi connectivity index (χ4n) is 1.98. The van der Waals surface area contributed by atoms with Crippen molar-refractivity contribution in [3.05, 3.63) is 33.1 Å². The molecule has 1 fully saturated rings. The van der Waals surface area contributed by atoms with Crippen LogP contribution < -0.4 is 11.2 Å². The lowest BCUT2D eigenvalue weighted by Gasteiger charge is -2.22. The second-order valence-corrected chi connectivity index (χ2v) is 5.15. The van der Waals surface area contributed by atoms with Gasteiger partial charge in [-0.1, -0.05) is 22.6 Å². The molecule has 0 saturated carbocycles. The smallest absolute Gasteiger partial charge is 0.330 e. The number of nitrogens with zero attached hydrogens (tertiary/aromatic N) is 1. The molecule has 0 bridgehead atoms. The number of aromatic amines is 1. The zero-order chi connectivity index (χ0) is 12.6. The monoisotopic (exact) mass is 354 g/mol. The molecule has 94 valence electrons. The average molecular weight is 354 g/mol. The van der Waals surface area contributed by atoms with Gasteiger partial charge in [0.05, 0.1) is 6.10 Å². The van der Waals surface area contributed by atoms with Gasteiger partial charge in [-0.15, -0.1) is 0 Å². The zero-order valence-electron chi connectivity index (χ0n) is 9.15. The molecule has 0 aliphatic carbocycles. The number of alkyl halides is 2. The van der Waals surface area contributed by atoms with Crippen LogP contribution in [0.15, 0.2) is 21.9 Å². The third-order valence-corrected chi connectivity index (χ3v) is 3.72. The molecule has 1 saturated heterocycles. The van der Waals surface area contributed by atoms with Gasteiger partial charge in [0.15, 0.2) is 11.9 Å². The van der Waals surface area contributed by atoms with Gasteiger partial charge >= 0.3 is 5.69 Å². The molecule has 0 radical (unpaired) electrons. The number of halogens is 2. The molecule has 1 aromatic rings. The van der Waals surface area contributed by atoms with Crippen LogP contribution in [0.1, 0.15) is 19.6 Å². The molecule has 2 rings (SSSR count). The molecule has 3 atom stereocenters. The number of hydrogen-bond acceptors (Lipinski definition) is 3. The summed E-state index contributed by atoms with van der Waals surface area (Å²) in [5.74, 6) is 0. The lowest BCUT2D eigenvalue weighted by atomic mass is 10.0. The van der Waals surface area contributed by atoms with Gasteiger partial charge in [0.25, 0.3) is 5.56 Å². The van der Waals surface area contributed by atoms with Crippen LogP contribution in [-0.4, -0.2) is 25.8 Å². The molecular formula is C10H12FIN2O3. The first-order chi connectivity index (χ1) is 7.94. The van der Waals surface area contributed by atoms with E-state index in [0.29, 0.717) is 4.43 Å². The predicted octanol–water partition coefficient (Wildman–Crippen LogP) is 0.987. The Morgan fingerprint density at radius 3 is 2.94 bits per heavy atom. The van der Waals surface area contributed by atoms with Crippen LogP contribution >= 0.6 is 22.6 Å². The number of ether oxygens (including phenoxy) is 1. The second-order valence-electron chi connectivity index (χ2n) is 4.26. The summed E-state index contributed by atoms with van der Waals surface area (Å²) in [6.07, 6.45) is 0.312. The third-order valence-electron chi connectivity index (χ3n) is 2.74. The highest BCUT2D eigenvalue weighted by Crippen LogP contribution is 2.40. The summed E-state index contributed by atoms with van der Waals surface area (Å²) in [5.41, 5.74) is -2.77. The Kier molecular flexibility index (Phi) is 3.39. The lowest BCUT2D eigenvalue weighted by molar-refractivity contribution is -0.0432. The first-order valence-corrected chi connectivity index (χ1v) is 6.68. The number of aromatic nitrogens is 2. The van der Waals surface area contributed by atoms with Crippen molar-refractivity contribution in [1.29, 1.82) is 0 Å². The van der Waals surface area contributed by atoms with Gasteiger partial charge in [0.2, 0.25) is 0 Å². The summed E-state index contributed by atoms with van der Waals surface area (Å²) in [7, 11) is 0. The van der Waals surface area contributed by atoms with Crippen LogP contribution in [0.2, 0.25) is 0 Å². The molecule has 0 spiro atoms. The summed E-state index contributed by atoms with van der Waals surface area (Å²) in [6, 6.07) is 1.18. The molecule has 17 heavy (non-hydrogen) atoms. The Balaban J connectivity index is 2.40. The Labute approximate surface area is 110 Å². The molecule has 7 heteroatoms. The van der Waals surface area contributed by atoms with E-state index in [-0.39, 0.29) is 12.5 Å². The van der Waals surface area contributed by atoms with Gasteiger partial charge in [0, 0.05) is 23.1 Å². The first-order valence-electron chi connectivity index (χ1n) is 5.16. The molecular weight excluding hydrogens is 342 g/mol. The maximum Gasteiger partial charge on any atom is 0.330 e. The summed E-state index contributed by atoms with van der Waals surface area (Å²) in [4.78, 5) is 24.6. The van der Waals surface area contributed by atoms with Crippen LogP contribution in [0, 0.1) is 0 Å². The van der Waals surface area contributed by atoms with Crippen molar-refractivity contribution in [2.45, 2.75) is 31.3 Å². The summed E-state index contributed by atoms with van der Waals surface area (Å²) in [5, 5.41) is 0. The number of nitrogens with one attached hydrogen (secondary N) is 1. The van der Waals surface area contributed by atoms with Crippen LogP contribution in [0.25, 0.3) is 0 Å². The van der Waals surface area contributed by atoms with Crippen LogP contribution in [-0.2, 0) is 4.74 Å². The number of hydrogen-bond donors (Lipinski definition) is 1. The van der Waals surface area contributed by atoms with Crippen molar-refractivity contribution in [2.75, 3.05) is 4.43 Å². The molecule has 1 N–H and O–H groups in total. The van der Waals surface area contributed by atoms with E-state index in [1.807, 2.05) is 0 Å². The Morgan fingerprint density at radius 2 is 2.41 bits per heavy atom. The first kappa shape index (κ1) is 12.7. The fraction of sp³-hybridized carbons (Fsp3) is 0.600. The predicted molar refractivity (Wildman–Crippen MR) is 68.2 cm³/mol. The van der Waals surface area contributed by atoms with E-state index in [4.69, 9.17) is 4.74 Å². The quantitative estimate of drug-likeness (QED) is 0.636. The van der Waals surface area contributed by atoms with E-state index >= 15 is 0 Å². The van der Waals surface area contributed by atoms with Crippen molar-refractivity contribution in [3.63, 3.8) is 0 Å². The van der Waals surface area contributed by atoms with Crippen molar-refractivity contribution in [3.8, 4) is 0 Å². The highest BCUT2D eigenvalue weighted by atomic mass is 127. The molecule has 1 aliphatic rings. The average Bonchev–Trinajstić information content (AvgIpc) is 2.54. The third kappa shape index (κ3) is 2.44.